The second-order valence-corrected chi connectivity index (χ2v) is 15.3. The molecule has 0 radical (unpaired) electrons. The summed E-state index contributed by atoms with van der Waals surface area (Å²) in [5, 5.41) is 13.0. The molecule has 0 spiro atoms. The Morgan fingerprint density at radius 2 is 1.30 bits per heavy atom. The molecule has 5 heterocycles. The van der Waals surface area contributed by atoms with E-state index in [9.17, 15) is 14.4 Å². The Bertz CT molecular complexity index is 2360. The summed E-state index contributed by atoms with van der Waals surface area (Å²) in [7, 11) is 1.27. The fraction of sp³-hybridized carbons (Fsp3) is 0.356. The molecule has 60 heavy (non-hydrogen) atoms. The number of amides is 3. The minimum Gasteiger partial charge on any atom is -0.453 e. The van der Waals surface area contributed by atoms with Gasteiger partial charge in [0.25, 0.3) is 0 Å². The SMILES string of the molecule is CCN(CC)[C@@H](C(=O)N1CCC[C@H]1c1ncc(-c2ccc(-c3ccc(-c4cnc([C@@H]5CCCN5C(=O)[C@@H](Cc5c[nH]nn5)NC(=O)OC)[nH]4)cc3)cc2)[nH]1)c1ccccc1. The van der Waals surface area contributed by atoms with E-state index in [1.54, 1.807) is 17.3 Å². The number of likely N-dealkylation sites (N-methyl/N-ethyl adjacent to an activating group) is 1. The summed E-state index contributed by atoms with van der Waals surface area (Å²) in [5.41, 5.74) is 7.47. The van der Waals surface area contributed by atoms with Gasteiger partial charge in [-0.2, -0.15) is 0 Å². The van der Waals surface area contributed by atoms with Crippen molar-refractivity contribution >= 4 is 17.9 Å². The molecule has 8 rings (SSSR count). The first-order chi connectivity index (χ1) is 29.3. The van der Waals surface area contributed by atoms with Gasteiger partial charge in [0, 0.05) is 25.7 Å². The van der Waals surface area contributed by atoms with E-state index in [1.807, 2.05) is 29.3 Å². The third-order valence-corrected chi connectivity index (χ3v) is 11.8. The van der Waals surface area contributed by atoms with Crippen LogP contribution >= 0.6 is 0 Å². The van der Waals surface area contributed by atoms with Crippen LogP contribution < -0.4 is 5.32 Å². The minimum absolute atomic E-state index is 0.102. The fourth-order valence-electron chi connectivity index (χ4n) is 8.65. The minimum atomic E-state index is -0.868. The highest BCUT2D eigenvalue weighted by atomic mass is 16.5. The van der Waals surface area contributed by atoms with E-state index in [1.165, 1.54) is 7.11 Å². The molecule has 0 saturated carbocycles. The van der Waals surface area contributed by atoms with Gasteiger partial charge < -0.3 is 29.8 Å². The summed E-state index contributed by atoms with van der Waals surface area (Å²) in [4.78, 5) is 62.7. The first kappa shape index (κ1) is 40.2. The summed E-state index contributed by atoms with van der Waals surface area (Å²) in [6.07, 6.45) is 8.11. The number of carbonyl (C=O) groups is 3. The second-order valence-electron chi connectivity index (χ2n) is 15.3. The summed E-state index contributed by atoms with van der Waals surface area (Å²) < 4.78 is 4.79. The highest BCUT2D eigenvalue weighted by Gasteiger charge is 2.39. The van der Waals surface area contributed by atoms with Gasteiger partial charge in [-0.1, -0.05) is 97.9 Å². The molecule has 2 fully saturated rings. The zero-order chi connectivity index (χ0) is 41.6. The van der Waals surface area contributed by atoms with Gasteiger partial charge in [-0.3, -0.25) is 19.6 Å². The quantitative estimate of drug-likeness (QED) is 0.0940. The van der Waals surface area contributed by atoms with Crippen molar-refractivity contribution in [1.29, 1.82) is 0 Å². The molecule has 0 aliphatic carbocycles. The number of H-pyrrole nitrogens is 3. The van der Waals surface area contributed by atoms with E-state index < -0.39 is 12.1 Å². The summed E-state index contributed by atoms with van der Waals surface area (Å²) in [6, 6.07) is 25.2. The molecule has 15 nitrogen and oxygen atoms in total. The molecule has 2 aliphatic heterocycles. The predicted molar refractivity (Wildman–Crippen MR) is 226 cm³/mol. The summed E-state index contributed by atoms with van der Waals surface area (Å²) in [6.45, 7) is 7.04. The Balaban J connectivity index is 0.924. The van der Waals surface area contributed by atoms with Crippen LogP contribution in [0.15, 0.2) is 97.5 Å². The van der Waals surface area contributed by atoms with E-state index in [4.69, 9.17) is 14.7 Å². The largest absolute Gasteiger partial charge is 0.453 e. The number of carbonyl (C=O) groups excluding carboxylic acids is 3. The number of ether oxygens (including phenoxy) is 1. The number of aromatic amines is 3. The number of rotatable bonds is 14. The van der Waals surface area contributed by atoms with Crippen LogP contribution in [-0.2, 0) is 20.7 Å². The zero-order valence-corrected chi connectivity index (χ0v) is 34.2. The van der Waals surface area contributed by atoms with Crippen LogP contribution in [0.3, 0.4) is 0 Å². The van der Waals surface area contributed by atoms with Gasteiger partial charge in [0.15, 0.2) is 0 Å². The van der Waals surface area contributed by atoms with Gasteiger partial charge in [-0.05, 0) is 66.6 Å². The van der Waals surface area contributed by atoms with Crippen LogP contribution in [0.5, 0.6) is 0 Å². The predicted octanol–water partition coefficient (Wildman–Crippen LogP) is 6.63. The number of hydrogen-bond acceptors (Lipinski definition) is 9. The molecule has 3 amide bonds. The molecule has 0 unspecified atom stereocenters. The van der Waals surface area contributed by atoms with Crippen molar-refractivity contribution in [3.8, 4) is 33.6 Å². The van der Waals surface area contributed by atoms with Crippen molar-refractivity contribution in [2.24, 2.45) is 0 Å². The van der Waals surface area contributed by atoms with Crippen molar-refractivity contribution in [2.75, 3.05) is 33.3 Å². The maximum absolute atomic E-state index is 14.2. The molecule has 0 bridgehead atoms. The molecule has 310 valence electrons. The van der Waals surface area contributed by atoms with Gasteiger partial charge >= 0.3 is 6.09 Å². The van der Waals surface area contributed by atoms with Gasteiger partial charge in [0.2, 0.25) is 11.8 Å². The molecule has 4 atom stereocenters. The molecule has 15 heteroatoms. The van der Waals surface area contributed by atoms with E-state index in [0.717, 1.165) is 83.8 Å². The molecule has 3 aromatic heterocycles. The Morgan fingerprint density at radius 1 is 0.767 bits per heavy atom. The Kier molecular flexibility index (Phi) is 12.1. The third kappa shape index (κ3) is 8.43. The number of hydrogen-bond donors (Lipinski definition) is 4. The van der Waals surface area contributed by atoms with E-state index in [2.05, 4.69) is 110 Å². The first-order valence-electron chi connectivity index (χ1n) is 20.8. The lowest BCUT2D eigenvalue weighted by molar-refractivity contribution is -0.138. The second kappa shape index (κ2) is 18.1. The van der Waals surface area contributed by atoms with Crippen molar-refractivity contribution in [3.63, 3.8) is 0 Å². The zero-order valence-electron chi connectivity index (χ0n) is 34.2. The summed E-state index contributed by atoms with van der Waals surface area (Å²) in [5.74, 6) is 1.40. The topological polar surface area (TPSA) is 181 Å². The molecular weight excluding hydrogens is 759 g/mol. The van der Waals surface area contributed by atoms with Crippen LogP contribution in [0.1, 0.15) is 80.6 Å². The molecule has 3 aromatic carbocycles. The monoisotopic (exact) mass is 809 g/mol. The molecule has 2 aliphatic rings. The Hall–Kier alpha value is -6.61. The molecule has 2 saturated heterocycles. The fourth-order valence-corrected chi connectivity index (χ4v) is 8.65. The van der Waals surface area contributed by atoms with Gasteiger partial charge in [0.1, 0.15) is 23.7 Å². The van der Waals surface area contributed by atoms with Crippen molar-refractivity contribution < 1.29 is 19.1 Å². The smallest absolute Gasteiger partial charge is 0.407 e. The van der Waals surface area contributed by atoms with Crippen LogP contribution in [0.25, 0.3) is 33.6 Å². The number of alkyl carbamates (subject to hydrolysis) is 1. The average molecular weight is 810 g/mol. The Morgan fingerprint density at radius 3 is 1.80 bits per heavy atom. The lowest BCUT2D eigenvalue weighted by Gasteiger charge is -2.34. The normalized spacial score (nSPS) is 17.5. The standard InChI is InChI=1S/C45H51N11O4/c1-4-54(5-2)40(33-11-7-6-8-12-33)44(58)56-24-10-14-39(56)42-47-28-37(50-42)32-21-17-30(18-22-32)29-15-19-31(20-16-29)36-27-46-41(49-36)38-13-9-23-55(38)43(57)35(51-45(59)60-3)25-34-26-48-53-52-34/h6-8,11-12,15-22,26-28,35,38-40H,4-5,9-10,13-14,23-25H2,1-3H3,(H,46,49)(H,47,50)(H,51,59)(H,48,52,53)/t35-,38+,39+,40-/m1/s1. The number of benzene rings is 3. The molecular formula is C45H51N11O4. The van der Waals surface area contributed by atoms with Crippen molar-refractivity contribution in [3.05, 3.63) is 120 Å². The Labute approximate surface area is 349 Å². The summed E-state index contributed by atoms with van der Waals surface area (Å²) >= 11 is 0. The van der Waals surface area contributed by atoms with Crippen LogP contribution in [0, 0.1) is 0 Å². The number of imidazole rings is 2. The number of aromatic nitrogens is 7. The lowest BCUT2D eigenvalue weighted by Crippen LogP contribution is -2.49. The maximum atomic E-state index is 14.2. The van der Waals surface area contributed by atoms with E-state index in [0.29, 0.717) is 24.6 Å². The van der Waals surface area contributed by atoms with Crippen LogP contribution in [-0.4, -0.2) is 107 Å². The molecule has 4 N–H and O–H groups in total. The number of likely N-dealkylation sites (tertiary alicyclic amines) is 2. The number of nitrogens with one attached hydrogen (secondary N) is 4. The highest BCUT2D eigenvalue weighted by Crippen LogP contribution is 2.36. The van der Waals surface area contributed by atoms with E-state index >= 15 is 0 Å². The first-order valence-corrected chi connectivity index (χ1v) is 20.8. The maximum Gasteiger partial charge on any atom is 0.407 e. The third-order valence-electron chi connectivity index (χ3n) is 11.8. The van der Waals surface area contributed by atoms with Crippen molar-refractivity contribution in [2.45, 2.75) is 70.1 Å². The molecule has 6 aromatic rings. The van der Waals surface area contributed by atoms with Crippen molar-refractivity contribution in [1.82, 2.24) is 55.4 Å². The van der Waals surface area contributed by atoms with Gasteiger partial charge in [0.05, 0.1) is 48.7 Å². The number of nitrogens with zero attached hydrogens (tertiary/aromatic N) is 7. The van der Waals surface area contributed by atoms with Gasteiger partial charge in [-0.25, -0.2) is 14.8 Å². The number of methoxy groups -OCH3 is 1. The van der Waals surface area contributed by atoms with Crippen LogP contribution in [0.2, 0.25) is 0 Å². The average Bonchev–Trinajstić information content (AvgIpc) is 4.15. The lowest BCUT2D eigenvalue weighted by atomic mass is 10.0. The van der Waals surface area contributed by atoms with E-state index in [-0.39, 0.29) is 36.4 Å². The van der Waals surface area contributed by atoms with Gasteiger partial charge in [-0.15, -0.1) is 5.10 Å². The van der Waals surface area contributed by atoms with Crippen LogP contribution in [0.4, 0.5) is 4.79 Å². The highest BCUT2D eigenvalue weighted by molar-refractivity contribution is 5.86.